The zero-order chi connectivity index (χ0) is 20.7. The predicted molar refractivity (Wildman–Crippen MR) is 110 cm³/mol. The van der Waals surface area contributed by atoms with E-state index in [-0.39, 0.29) is 24.6 Å². The summed E-state index contributed by atoms with van der Waals surface area (Å²) in [4.78, 5) is 32.6. The number of rotatable bonds is 5. The molecule has 3 aromatic rings. The first kappa shape index (κ1) is 19.3. The molecule has 0 aliphatic carbocycles. The summed E-state index contributed by atoms with van der Waals surface area (Å²) < 4.78 is 9.75. The summed E-state index contributed by atoms with van der Waals surface area (Å²) in [6.07, 6.45) is 0.343. The predicted octanol–water partition coefficient (Wildman–Crippen LogP) is 1.08. The molecule has 0 saturated heterocycles. The molecule has 1 N–H and O–H groups in total. The highest BCUT2D eigenvalue weighted by Gasteiger charge is 2.29. The first-order valence-electron chi connectivity index (χ1n) is 9.68. The fourth-order valence-corrected chi connectivity index (χ4v) is 3.91. The third-order valence-corrected chi connectivity index (χ3v) is 5.37. The maximum Gasteiger partial charge on any atom is 0.332 e. The Balaban J connectivity index is 1.93. The van der Waals surface area contributed by atoms with Crippen LogP contribution in [0.4, 0.5) is 11.6 Å². The molecular formula is C20H25N5O4. The Hall–Kier alpha value is -3.07. The van der Waals surface area contributed by atoms with Crippen molar-refractivity contribution >= 4 is 22.8 Å². The number of aliphatic hydroxyl groups excluding tert-OH is 1. The van der Waals surface area contributed by atoms with Crippen LogP contribution in [-0.4, -0.2) is 44.1 Å². The van der Waals surface area contributed by atoms with E-state index in [0.29, 0.717) is 30.1 Å². The zero-order valence-electron chi connectivity index (χ0n) is 16.8. The fraction of sp³-hybridized carbons (Fsp3) is 0.450. The van der Waals surface area contributed by atoms with Gasteiger partial charge in [0.05, 0.1) is 7.11 Å². The van der Waals surface area contributed by atoms with Crippen molar-refractivity contribution < 1.29 is 9.84 Å². The van der Waals surface area contributed by atoms with E-state index in [2.05, 4.69) is 16.8 Å². The van der Waals surface area contributed by atoms with Crippen molar-refractivity contribution in [3.8, 4) is 5.75 Å². The Bertz CT molecular complexity index is 1160. The van der Waals surface area contributed by atoms with Crippen molar-refractivity contribution in [3.05, 3.63) is 45.1 Å². The van der Waals surface area contributed by atoms with Gasteiger partial charge in [0.25, 0.3) is 5.56 Å². The van der Waals surface area contributed by atoms with Gasteiger partial charge in [-0.05, 0) is 36.6 Å². The highest BCUT2D eigenvalue weighted by Crippen LogP contribution is 2.33. The second-order valence-electron chi connectivity index (χ2n) is 7.48. The minimum absolute atomic E-state index is 0.0829. The molecule has 0 radical (unpaired) electrons. The number of ether oxygens (including phenoxy) is 1. The van der Waals surface area contributed by atoms with Crippen LogP contribution in [0.15, 0.2) is 33.9 Å². The van der Waals surface area contributed by atoms with Crippen LogP contribution >= 0.6 is 0 Å². The number of hydrogen-bond donors (Lipinski definition) is 1. The highest BCUT2D eigenvalue weighted by atomic mass is 16.5. The molecule has 1 aromatic carbocycles. The monoisotopic (exact) mass is 399 g/mol. The van der Waals surface area contributed by atoms with Gasteiger partial charge in [-0.3, -0.25) is 13.9 Å². The van der Waals surface area contributed by atoms with Gasteiger partial charge in [0.2, 0.25) is 5.95 Å². The van der Waals surface area contributed by atoms with Crippen LogP contribution < -0.4 is 20.9 Å². The number of fused-ring (bicyclic) bond motifs is 3. The van der Waals surface area contributed by atoms with Crippen molar-refractivity contribution in [1.29, 1.82) is 0 Å². The number of benzene rings is 1. The van der Waals surface area contributed by atoms with Crippen LogP contribution in [0.25, 0.3) is 11.2 Å². The third-order valence-electron chi connectivity index (χ3n) is 5.37. The van der Waals surface area contributed by atoms with E-state index in [4.69, 9.17) is 9.84 Å². The van der Waals surface area contributed by atoms with E-state index in [0.717, 1.165) is 18.0 Å². The number of aliphatic hydroxyl groups is 1. The second-order valence-corrected chi connectivity index (χ2v) is 7.48. The van der Waals surface area contributed by atoms with E-state index in [9.17, 15) is 9.59 Å². The van der Waals surface area contributed by atoms with E-state index in [1.807, 2.05) is 28.8 Å². The topological polar surface area (TPSA) is 94.5 Å². The quantitative estimate of drug-likeness (QED) is 0.690. The number of aromatic nitrogens is 4. The van der Waals surface area contributed by atoms with Crippen molar-refractivity contribution in [1.82, 2.24) is 18.7 Å². The summed E-state index contributed by atoms with van der Waals surface area (Å²) in [7, 11) is 3.25. The smallest absolute Gasteiger partial charge is 0.332 e. The first-order valence-corrected chi connectivity index (χ1v) is 9.68. The molecule has 0 bridgehead atoms. The minimum Gasteiger partial charge on any atom is -0.497 e. The molecule has 0 spiro atoms. The summed E-state index contributed by atoms with van der Waals surface area (Å²) in [5.74, 6) is 1.70. The average molecular weight is 399 g/mol. The fourth-order valence-electron chi connectivity index (χ4n) is 3.91. The Morgan fingerprint density at radius 1 is 1.21 bits per heavy atom. The number of methoxy groups -OCH3 is 1. The molecule has 154 valence electrons. The van der Waals surface area contributed by atoms with Crippen LogP contribution in [0, 0.1) is 5.92 Å². The third kappa shape index (κ3) is 3.11. The lowest BCUT2D eigenvalue weighted by Gasteiger charge is -2.33. The van der Waals surface area contributed by atoms with Gasteiger partial charge in [0, 0.05) is 39.0 Å². The molecule has 0 unspecified atom stereocenters. The summed E-state index contributed by atoms with van der Waals surface area (Å²) in [6, 6.07) is 7.69. The van der Waals surface area contributed by atoms with Crippen LogP contribution in [0.3, 0.4) is 0 Å². The maximum absolute atomic E-state index is 13.1. The molecule has 3 heterocycles. The van der Waals surface area contributed by atoms with E-state index < -0.39 is 5.69 Å². The molecule has 9 heteroatoms. The minimum atomic E-state index is -0.421. The van der Waals surface area contributed by atoms with Crippen LogP contribution in [0.1, 0.15) is 13.3 Å². The normalized spacial score (nSPS) is 16.3. The number of imidazole rings is 1. The van der Waals surface area contributed by atoms with Crippen LogP contribution in [0.5, 0.6) is 5.75 Å². The average Bonchev–Trinajstić information content (AvgIpc) is 3.11. The molecule has 29 heavy (non-hydrogen) atoms. The number of hydrogen-bond acceptors (Lipinski definition) is 6. The van der Waals surface area contributed by atoms with Gasteiger partial charge in [-0.25, -0.2) is 4.79 Å². The lowest BCUT2D eigenvalue weighted by atomic mass is 10.1. The summed E-state index contributed by atoms with van der Waals surface area (Å²) in [5.41, 5.74) is 0.960. The molecule has 1 aliphatic heterocycles. The molecule has 9 nitrogen and oxygen atoms in total. The van der Waals surface area contributed by atoms with Gasteiger partial charge in [0.15, 0.2) is 11.2 Å². The van der Waals surface area contributed by atoms with Gasteiger partial charge < -0.3 is 19.3 Å². The van der Waals surface area contributed by atoms with Gasteiger partial charge in [0.1, 0.15) is 5.75 Å². The van der Waals surface area contributed by atoms with E-state index in [1.54, 1.807) is 14.2 Å². The van der Waals surface area contributed by atoms with E-state index in [1.165, 1.54) is 9.13 Å². The van der Waals surface area contributed by atoms with Crippen molar-refractivity contribution in [2.45, 2.75) is 26.4 Å². The Labute approximate surface area is 167 Å². The van der Waals surface area contributed by atoms with Gasteiger partial charge >= 0.3 is 5.69 Å². The first-order chi connectivity index (χ1) is 14.0. The number of aryl methyl sites for hydroxylation is 1. The van der Waals surface area contributed by atoms with E-state index >= 15 is 0 Å². The number of nitrogens with zero attached hydrogens (tertiary/aromatic N) is 5. The largest absolute Gasteiger partial charge is 0.497 e. The van der Waals surface area contributed by atoms with Crippen LogP contribution in [0.2, 0.25) is 0 Å². The molecular weight excluding hydrogens is 374 g/mol. The van der Waals surface area contributed by atoms with Gasteiger partial charge in [-0.2, -0.15) is 4.98 Å². The van der Waals surface area contributed by atoms with Crippen molar-refractivity contribution in [3.63, 3.8) is 0 Å². The van der Waals surface area contributed by atoms with Crippen molar-refractivity contribution in [2.75, 3.05) is 25.2 Å². The molecule has 1 aliphatic rings. The Morgan fingerprint density at radius 2 is 1.93 bits per heavy atom. The Kier molecular flexibility index (Phi) is 4.91. The Morgan fingerprint density at radius 3 is 2.59 bits per heavy atom. The molecule has 0 saturated carbocycles. The lowest BCUT2D eigenvalue weighted by Crippen LogP contribution is -2.40. The molecule has 4 rings (SSSR count). The summed E-state index contributed by atoms with van der Waals surface area (Å²) >= 11 is 0. The summed E-state index contributed by atoms with van der Waals surface area (Å²) in [5, 5.41) is 9.12. The highest BCUT2D eigenvalue weighted by molar-refractivity contribution is 5.77. The molecule has 0 fully saturated rings. The maximum atomic E-state index is 13.1. The lowest BCUT2D eigenvalue weighted by molar-refractivity contribution is 0.277. The molecule has 1 atom stereocenters. The van der Waals surface area contributed by atoms with Gasteiger partial charge in [-0.15, -0.1) is 0 Å². The molecule has 0 amide bonds. The number of anilines is 2. The SMILES string of the molecule is COc1ccc(N2C[C@H](C)Cn3c2nc2c3c(=O)n(CCCO)c(=O)n2C)cc1. The van der Waals surface area contributed by atoms with Crippen LogP contribution in [-0.2, 0) is 20.1 Å². The summed E-state index contributed by atoms with van der Waals surface area (Å²) in [6.45, 7) is 3.61. The van der Waals surface area contributed by atoms with Gasteiger partial charge in [-0.1, -0.05) is 6.92 Å². The zero-order valence-corrected chi connectivity index (χ0v) is 16.8. The standard InChI is InChI=1S/C20H25N5O4/c1-13-11-24(14-5-7-15(29-3)8-6-14)19-21-17-16(25(19)12-13)18(27)23(9-4-10-26)20(28)22(17)2/h5-8,13,26H,4,9-12H2,1-3H3/t13-/m0/s1. The second kappa shape index (κ2) is 7.40. The van der Waals surface area contributed by atoms with Crippen molar-refractivity contribution in [2.24, 2.45) is 13.0 Å². The molecule has 2 aromatic heterocycles.